The monoisotopic (exact) mass is 299 g/mol. The van der Waals surface area contributed by atoms with Crippen molar-refractivity contribution in [3.63, 3.8) is 0 Å². The number of nitrogens with zero attached hydrogens (tertiary/aromatic N) is 1. The first-order valence-corrected chi connectivity index (χ1v) is 6.97. The number of pyridine rings is 1. The molecule has 0 radical (unpaired) electrons. The molecule has 0 aliphatic carbocycles. The summed E-state index contributed by atoms with van der Waals surface area (Å²) >= 11 is 5.98. The topological polar surface area (TPSA) is 31.2 Å². The van der Waals surface area contributed by atoms with E-state index in [9.17, 15) is 4.79 Å². The third kappa shape index (κ3) is 2.78. The van der Waals surface area contributed by atoms with Gasteiger partial charge >= 0.3 is 0 Å². The zero-order valence-electron chi connectivity index (χ0n) is 11.5. The molecule has 1 heterocycles. The van der Waals surface area contributed by atoms with Crippen molar-refractivity contribution in [3.05, 3.63) is 75.7 Å². The Morgan fingerprint density at radius 2 is 2.00 bits per heavy atom. The molecule has 1 aromatic heterocycles. The van der Waals surface area contributed by atoms with Crippen LogP contribution >= 0.6 is 11.6 Å². The van der Waals surface area contributed by atoms with E-state index in [4.69, 9.17) is 16.3 Å². The van der Waals surface area contributed by atoms with Crippen LogP contribution in [0.5, 0.6) is 5.75 Å². The summed E-state index contributed by atoms with van der Waals surface area (Å²) in [4.78, 5) is 12.5. The first-order valence-electron chi connectivity index (χ1n) is 6.59. The number of hydrogen-bond acceptors (Lipinski definition) is 2. The lowest BCUT2D eigenvalue weighted by Crippen LogP contribution is -2.19. The van der Waals surface area contributed by atoms with Crippen LogP contribution in [-0.2, 0) is 6.54 Å². The van der Waals surface area contributed by atoms with Gasteiger partial charge in [0.05, 0.1) is 13.7 Å². The Balaban J connectivity index is 2.04. The van der Waals surface area contributed by atoms with Crippen molar-refractivity contribution in [1.82, 2.24) is 4.57 Å². The zero-order chi connectivity index (χ0) is 14.8. The number of methoxy groups -OCH3 is 1. The van der Waals surface area contributed by atoms with Crippen LogP contribution in [0.2, 0.25) is 5.02 Å². The van der Waals surface area contributed by atoms with Gasteiger partial charge in [-0.2, -0.15) is 0 Å². The summed E-state index contributed by atoms with van der Waals surface area (Å²) in [6, 6.07) is 14.9. The van der Waals surface area contributed by atoms with Gasteiger partial charge in [-0.15, -0.1) is 0 Å². The summed E-state index contributed by atoms with van der Waals surface area (Å²) in [6.07, 6.45) is 1.80. The van der Waals surface area contributed by atoms with E-state index in [1.165, 1.54) is 0 Å². The van der Waals surface area contributed by atoms with Gasteiger partial charge in [-0.3, -0.25) is 4.79 Å². The fourth-order valence-electron chi connectivity index (χ4n) is 2.35. The molecule has 21 heavy (non-hydrogen) atoms. The zero-order valence-corrected chi connectivity index (χ0v) is 12.3. The lowest BCUT2D eigenvalue weighted by molar-refractivity contribution is 0.415. The number of aromatic nitrogens is 1. The molecule has 2 aromatic carbocycles. The Hall–Kier alpha value is -2.26. The summed E-state index contributed by atoms with van der Waals surface area (Å²) in [6.45, 7) is 0.501. The highest BCUT2D eigenvalue weighted by Crippen LogP contribution is 2.18. The van der Waals surface area contributed by atoms with E-state index < -0.39 is 0 Å². The van der Waals surface area contributed by atoms with Crippen LogP contribution in [0.3, 0.4) is 0 Å². The number of hydrogen-bond donors (Lipinski definition) is 0. The third-order valence-electron chi connectivity index (χ3n) is 3.43. The van der Waals surface area contributed by atoms with Gasteiger partial charge in [0, 0.05) is 16.6 Å². The molecule has 0 aliphatic rings. The highest BCUT2D eigenvalue weighted by atomic mass is 35.5. The lowest BCUT2D eigenvalue weighted by Gasteiger charge is -2.08. The minimum Gasteiger partial charge on any atom is -0.497 e. The SMILES string of the molecule is COc1ccc2c(=O)n(Cc3cccc(Cl)c3)ccc2c1. The molecule has 4 heteroatoms. The van der Waals surface area contributed by atoms with Crippen LogP contribution in [0.25, 0.3) is 10.8 Å². The predicted octanol–water partition coefficient (Wildman–Crippen LogP) is 3.71. The van der Waals surface area contributed by atoms with Crippen molar-refractivity contribution in [2.45, 2.75) is 6.54 Å². The molecule has 0 fully saturated rings. The highest BCUT2D eigenvalue weighted by molar-refractivity contribution is 6.30. The summed E-state index contributed by atoms with van der Waals surface area (Å²) in [7, 11) is 1.61. The number of halogens is 1. The fraction of sp³-hybridized carbons (Fsp3) is 0.118. The van der Waals surface area contributed by atoms with E-state index in [1.807, 2.05) is 36.4 Å². The van der Waals surface area contributed by atoms with Crippen LogP contribution in [0, 0.1) is 0 Å². The van der Waals surface area contributed by atoms with E-state index >= 15 is 0 Å². The maximum atomic E-state index is 12.5. The van der Waals surface area contributed by atoms with Crippen molar-refractivity contribution in [1.29, 1.82) is 0 Å². The molecular formula is C17H14ClNO2. The first-order chi connectivity index (χ1) is 10.2. The van der Waals surface area contributed by atoms with Crippen LogP contribution < -0.4 is 10.3 Å². The second kappa shape index (κ2) is 5.62. The van der Waals surface area contributed by atoms with Gasteiger partial charge in [-0.25, -0.2) is 0 Å². The number of ether oxygens (including phenoxy) is 1. The van der Waals surface area contributed by atoms with Crippen molar-refractivity contribution in [2.24, 2.45) is 0 Å². The van der Waals surface area contributed by atoms with Crippen molar-refractivity contribution in [2.75, 3.05) is 7.11 Å². The molecule has 0 saturated carbocycles. The molecule has 0 saturated heterocycles. The van der Waals surface area contributed by atoms with E-state index in [1.54, 1.807) is 30.0 Å². The van der Waals surface area contributed by atoms with Gasteiger partial charge < -0.3 is 9.30 Å². The number of benzene rings is 2. The molecule has 3 aromatic rings. The maximum absolute atomic E-state index is 12.5. The Labute approximate surface area is 127 Å². The normalized spacial score (nSPS) is 10.8. The Kier molecular flexibility index (Phi) is 3.67. The quantitative estimate of drug-likeness (QED) is 0.738. The molecule has 0 bridgehead atoms. The van der Waals surface area contributed by atoms with Crippen LogP contribution in [0.15, 0.2) is 59.5 Å². The average molecular weight is 300 g/mol. The summed E-state index contributed by atoms with van der Waals surface area (Å²) in [5.74, 6) is 0.745. The summed E-state index contributed by atoms with van der Waals surface area (Å²) in [5.41, 5.74) is 0.979. The molecule has 3 rings (SSSR count). The van der Waals surface area contributed by atoms with Gasteiger partial charge in [0.1, 0.15) is 5.75 Å². The van der Waals surface area contributed by atoms with Gasteiger partial charge in [-0.1, -0.05) is 23.7 Å². The van der Waals surface area contributed by atoms with Gasteiger partial charge in [0.15, 0.2) is 0 Å². The van der Waals surface area contributed by atoms with Gasteiger partial charge in [0.2, 0.25) is 0 Å². The average Bonchev–Trinajstić information content (AvgIpc) is 2.50. The maximum Gasteiger partial charge on any atom is 0.258 e. The molecule has 3 nitrogen and oxygen atoms in total. The fourth-order valence-corrected chi connectivity index (χ4v) is 2.56. The van der Waals surface area contributed by atoms with Gasteiger partial charge in [0.25, 0.3) is 5.56 Å². The standard InChI is InChI=1S/C17H14ClNO2/c1-21-15-5-6-16-13(10-15)7-8-19(17(16)20)11-12-3-2-4-14(18)9-12/h2-10H,11H2,1H3. The number of fused-ring (bicyclic) bond motifs is 1. The molecule has 0 aliphatic heterocycles. The molecule has 0 atom stereocenters. The van der Waals surface area contributed by atoms with Crippen molar-refractivity contribution >= 4 is 22.4 Å². The van der Waals surface area contributed by atoms with E-state index in [-0.39, 0.29) is 5.56 Å². The molecule has 0 unspecified atom stereocenters. The predicted molar refractivity (Wildman–Crippen MR) is 85.3 cm³/mol. The van der Waals surface area contributed by atoms with E-state index in [2.05, 4.69) is 0 Å². The second-order valence-corrected chi connectivity index (χ2v) is 5.27. The smallest absolute Gasteiger partial charge is 0.258 e. The molecule has 0 amide bonds. The highest BCUT2D eigenvalue weighted by Gasteiger charge is 2.05. The first kappa shape index (κ1) is 13.7. The Morgan fingerprint density at radius 3 is 2.76 bits per heavy atom. The summed E-state index contributed by atoms with van der Waals surface area (Å²) in [5, 5.41) is 2.23. The van der Waals surface area contributed by atoms with Crippen LogP contribution in [-0.4, -0.2) is 11.7 Å². The minimum absolute atomic E-state index is 0.0184. The minimum atomic E-state index is -0.0184. The van der Waals surface area contributed by atoms with E-state index in [0.29, 0.717) is 17.0 Å². The van der Waals surface area contributed by atoms with Crippen LogP contribution in [0.4, 0.5) is 0 Å². The van der Waals surface area contributed by atoms with Crippen molar-refractivity contribution < 1.29 is 4.74 Å². The third-order valence-corrected chi connectivity index (χ3v) is 3.66. The van der Waals surface area contributed by atoms with Gasteiger partial charge in [-0.05, 0) is 47.3 Å². The van der Waals surface area contributed by atoms with E-state index in [0.717, 1.165) is 16.7 Å². The van der Waals surface area contributed by atoms with Crippen molar-refractivity contribution in [3.8, 4) is 5.75 Å². The number of rotatable bonds is 3. The van der Waals surface area contributed by atoms with Crippen LogP contribution in [0.1, 0.15) is 5.56 Å². The molecular weight excluding hydrogens is 286 g/mol. The molecule has 0 spiro atoms. The lowest BCUT2D eigenvalue weighted by atomic mass is 10.1. The molecule has 106 valence electrons. The second-order valence-electron chi connectivity index (χ2n) is 4.83. The Morgan fingerprint density at radius 1 is 1.14 bits per heavy atom. The molecule has 0 N–H and O–H groups in total. The summed E-state index contributed by atoms with van der Waals surface area (Å²) < 4.78 is 6.86. The Bertz CT molecular complexity index is 855. The largest absolute Gasteiger partial charge is 0.497 e.